The first-order chi connectivity index (χ1) is 8.76. The second kappa shape index (κ2) is 5.69. The number of para-hydroxylation sites is 1. The Hall–Kier alpha value is -1.81. The largest absolute Gasteiger partial charge is 0.355 e. The number of aromatic nitrogens is 1. The van der Waals surface area contributed by atoms with E-state index in [1.165, 1.54) is 0 Å². The molecule has 0 aliphatic heterocycles. The Balaban J connectivity index is 2.25. The molecule has 0 saturated carbocycles. The summed E-state index contributed by atoms with van der Waals surface area (Å²) >= 11 is 0. The van der Waals surface area contributed by atoms with Crippen LogP contribution in [0.5, 0.6) is 0 Å². The quantitative estimate of drug-likeness (QED) is 0.841. The lowest BCUT2D eigenvalue weighted by molar-refractivity contribution is -0.121. The van der Waals surface area contributed by atoms with Crippen molar-refractivity contribution >= 4 is 16.8 Å². The normalized spacial score (nSPS) is 10.8. The third-order valence-electron chi connectivity index (χ3n) is 2.98. The summed E-state index contributed by atoms with van der Waals surface area (Å²) in [5.74, 6) is 0.0428. The fourth-order valence-electron chi connectivity index (χ4n) is 2.11. The van der Waals surface area contributed by atoms with Gasteiger partial charge in [0.25, 0.3) is 0 Å². The molecule has 18 heavy (non-hydrogen) atoms. The van der Waals surface area contributed by atoms with E-state index in [-0.39, 0.29) is 5.91 Å². The Morgan fingerprint density at radius 1 is 1.39 bits per heavy atom. The van der Waals surface area contributed by atoms with Crippen LogP contribution in [0.3, 0.4) is 0 Å². The molecule has 0 aliphatic rings. The zero-order chi connectivity index (χ0) is 13.0. The molecule has 2 aromatic rings. The highest BCUT2D eigenvalue weighted by molar-refractivity contribution is 5.85. The van der Waals surface area contributed by atoms with Crippen LogP contribution < -0.4 is 11.1 Å². The van der Waals surface area contributed by atoms with Crippen molar-refractivity contribution in [3.8, 4) is 0 Å². The van der Waals surface area contributed by atoms with Gasteiger partial charge in [0.05, 0.1) is 5.52 Å². The van der Waals surface area contributed by atoms with E-state index in [0.717, 1.165) is 29.4 Å². The molecule has 0 unspecified atom stereocenters. The van der Waals surface area contributed by atoms with Crippen molar-refractivity contribution in [3.05, 3.63) is 36.0 Å². The number of nitrogens with zero attached hydrogens (tertiary/aromatic N) is 1. The zero-order valence-corrected chi connectivity index (χ0v) is 10.6. The van der Waals surface area contributed by atoms with Crippen LogP contribution in [0.2, 0.25) is 0 Å². The van der Waals surface area contributed by atoms with Crippen molar-refractivity contribution in [2.24, 2.45) is 5.73 Å². The number of hydrogen-bond donors (Lipinski definition) is 2. The van der Waals surface area contributed by atoms with E-state index in [1.807, 2.05) is 42.0 Å². The highest BCUT2D eigenvalue weighted by atomic mass is 16.1. The van der Waals surface area contributed by atoms with Gasteiger partial charge in [-0.1, -0.05) is 25.1 Å². The van der Waals surface area contributed by atoms with Gasteiger partial charge in [-0.2, -0.15) is 0 Å². The molecule has 1 aromatic carbocycles. The second-order valence-corrected chi connectivity index (χ2v) is 4.35. The molecule has 2 rings (SSSR count). The van der Waals surface area contributed by atoms with Gasteiger partial charge < -0.3 is 15.6 Å². The first kappa shape index (κ1) is 12.6. The number of rotatable bonds is 5. The monoisotopic (exact) mass is 245 g/mol. The molecule has 0 fully saturated rings. The summed E-state index contributed by atoms with van der Waals surface area (Å²) in [6, 6.07) is 8.05. The van der Waals surface area contributed by atoms with Gasteiger partial charge in [-0.25, -0.2) is 0 Å². The minimum atomic E-state index is 0.0428. The molecule has 1 amide bonds. The summed E-state index contributed by atoms with van der Waals surface area (Å²) in [6.07, 6.45) is 2.89. The Kier molecular flexibility index (Phi) is 3.99. The summed E-state index contributed by atoms with van der Waals surface area (Å²) in [5.41, 5.74) is 7.87. The standard InChI is InChI=1S/C14H19N3O/c1-2-7-16-13(18)10-17-8-6-11-4-3-5-12(9-15)14(11)17/h3-6,8H,2,7,9-10,15H2,1H3,(H,16,18). The van der Waals surface area contributed by atoms with Crippen LogP contribution in [-0.2, 0) is 17.9 Å². The van der Waals surface area contributed by atoms with Gasteiger partial charge in [0, 0.05) is 19.3 Å². The maximum absolute atomic E-state index is 11.7. The van der Waals surface area contributed by atoms with Gasteiger partial charge in [0.15, 0.2) is 0 Å². The predicted molar refractivity (Wildman–Crippen MR) is 73.1 cm³/mol. The first-order valence-electron chi connectivity index (χ1n) is 6.29. The molecular formula is C14H19N3O. The van der Waals surface area contributed by atoms with E-state index in [0.29, 0.717) is 13.1 Å². The van der Waals surface area contributed by atoms with Gasteiger partial charge in [-0.05, 0) is 23.4 Å². The number of carbonyl (C=O) groups excluding carboxylic acids is 1. The van der Waals surface area contributed by atoms with E-state index < -0.39 is 0 Å². The lowest BCUT2D eigenvalue weighted by Crippen LogP contribution is -2.28. The van der Waals surface area contributed by atoms with Crippen LogP contribution in [0.1, 0.15) is 18.9 Å². The van der Waals surface area contributed by atoms with Gasteiger partial charge in [-0.3, -0.25) is 4.79 Å². The number of benzene rings is 1. The van der Waals surface area contributed by atoms with Crippen LogP contribution in [0.25, 0.3) is 10.9 Å². The fourth-order valence-corrected chi connectivity index (χ4v) is 2.11. The number of nitrogens with two attached hydrogens (primary N) is 1. The van der Waals surface area contributed by atoms with E-state index in [1.54, 1.807) is 0 Å². The van der Waals surface area contributed by atoms with Gasteiger partial charge in [-0.15, -0.1) is 0 Å². The third-order valence-corrected chi connectivity index (χ3v) is 2.98. The van der Waals surface area contributed by atoms with E-state index in [4.69, 9.17) is 5.73 Å². The van der Waals surface area contributed by atoms with E-state index >= 15 is 0 Å². The highest BCUT2D eigenvalue weighted by Crippen LogP contribution is 2.19. The summed E-state index contributed by atoms with van der Waals surface area (Å²) < 4.78 is 1.96. The SMILES string of the molecule is CCCNC(=O)Cn1ccc2cccc(CN)c21. The Morgan fingerprint density at radius 3 is 2.94 bits per heavy atom. The number of amides is 1. The van der Waals surface area contributed by atoms with E-state index in [9.17, 15) is 4.79 Å². The molecule has 1 heterocycles. The fraction of sp³-hybridized carbons (Fsp3) is 0.357. The number of hydrogen-bond acceptors (Lipinski definition) is 2. The molecule has 1 aromatic heterocycles. The Bertz CT molecular complexity index is 545. The minimum Gasteiger partial charge on any atom is -0.355 e. The molecule has 96 valence electrons. The van der Waals surface area contributed by atoms with Crippen molar-refractivity contribution < 1.29 is 4.79 Å². The van der Waals surface area contributed by atoms with Crippen LogP contribution in [0, 0.1) is 0 Å². The molecule has 3 N–H and O–H groups in total. The van der Waals surface area contributed by atoms with Gasteiger partial charge >= 0.3 is 0 Å². The minimum absolute atomic E-state index is 0.0428. The van der Waals surface area contributed by atoms with Crippen molar-refractivity contribution in [1.82, 2.24) is 9.88 Å². The van der Waals surface area contributed by atoms with Crippen LogP contribution in [0.15, 0.2) is 30.5 Å². The topological polar surface area (TPSA) is 60.0 Å². The molecule has 0 radical (unpaired) electrons. The average Bonchev–Trinajstić information content (AvgIpc) is 2.79. The second-order valence-electron chi connectivity index (χ2n) is 4.35. The Morgan fingerprint density at radius 2 is 2.22 bits per heavy atom. The molecule has 4 heteroatoms. The zero-order valence-electron chi connectivity index (χ0n) is 10.6. The van der Waals surface area contributed by atoms with Crippen molar-refractivity contribution in [1.29, 1.82) is 0 Å². The van der Waals surface area contributed by atoms with Crippen molar-refractivity contribution in [2.75, 3.05) is 6.54 Å². The van der Waals surface area contributed by atoms with Gasteiger partial charge in [0.2, 0.25) is 5.91 Å². The van der Waals surface area contributed by atoms with Crippen LogP contribution in [0.4, 0.5) is 0 Å². The number of fused-ring (bicyclic) bond motifs is 1. The van der Waals surface area contributed by atoms with Crippen LogP contribution in [-0.4, -0.2) is 17.0 Å². The average molecular weight is 245 g/mol. The predicted octanol–water partition coefficient (Wildman–Crippen LogP) is 1.63. The number of carbonyl (C=O) groups is 1. The molecule has 0 bridgehead atoms. The first-order valence-corrected chi connectivity index (χ1v) is 6.29. The summed E-state index contributed by atoms with van der Waals surface area (Å²) in [5, 5.41) is 4.01. The van der Waals surface area contributed by atoms with E-state index in [2.05, 4.69) is 5.32 Å². The summed E-state index contributed by atoms with van der Waals surface area (Å²) in [6.45, 7) is 3.60. The molecular weight excluding hydrogens is 226 g/mol. The van der Waals surface area contributed by atoms with Crippen molar-refractivity contribution in [2.45, 2.75) is 26.4 Å². The lowest BCUT2D eigenvalue weighted by atomic mass is 10.1. The summed E-state index contributed by atoms with van der Waals surface area (Å²) in [7, 11) is 0. The van der Waals surface area contributed by atoms with Gasteiger partial charge in [0.1, 0.15) is 6.54 Å². The third kappa shape index (κ3) is 2.54. The Labute approximate surface area is 107 Å². The smallest absolute Gasteiger partial charge is 0.239 e. The van der Waals surface area contributed by atoms with Crippen LogP contribution >= 0.6 is 0 Å². The maximum Gasteiger partial charge on any atom is 0.239 e. The molecule has 0 aliphatic carbocycles. The summed E-state index contributed by atoms with van der Waals surface area (Å²) in [4.78, 5) is 11.7. The highest BCUT2D eigenvalue weighted by Gasteiger charge is 2.08. The molecule has 0 saturated heterocycles. The molecule has 4 nitrogen and oxygen atoms in total. The number of nitrogens with one attached hydrogen (secondary N) is 1. The maximum atomic E-state index is 11.7. The molecule has 0 spiro atoms. The van der Waals surface area contributed by atoms with Crippen molar-refractivity contribution in [3.63, 3.8) is 0 Å². The molecule has 0 atom stereocenters. The lowest BCUT2D eigenvalue weighted by Gasteiger charge is -2.09.